The lowest BCUT2D eigenvalue weighted by atomic mass is 9.97. The van der Waals surface area contributed by atoms with Crippen LogP contribution in [-0.4, -0.2) is 99.0 Å². The highest BCUT2D eigenvalue weighted by Gasteiger charge is 2.48. The topological polar surface area (TPSA) is 166 Å². The molecular formula is C34H35NO10S. The number of aliphatic hydroxyl groups excluding tert-OH is 3. The van der Waals surface area contributed by atoms with E-state index in [2.05, 4.69) is 0 Å². The molecule has 0 aliphatic carbocycles. The second kappa shape index (κ2) is 13.8. The maximum absolute atomic E-state index is 14.1. The molecule has 3 aromatic carbocycles. The van der Waals surface area contributed by atoms with Crippen LogP contribution in [0, 0.1) is 0 Å². The number of hydrogen-bond donors (Lipinski definition) is 5. The number of aromatic hydroxyl groups is 1. The Morgan fingerprint density at radius 2 is 1.61 bits per heavy atom. The molecule has 4 aromatic rings. The fraction of sp³-hybridized carbons (Fsp3) is 0.353. The number of aliphatic hydroxyl groups is 3. The number of hydrogen-bond acceptors (Lipinski definition) is 11. The molecule has 242 valence electrons. The lowest BCUT2D eigenvalue weighted by Crippen LogP contribution is -2.61. The Hall–Kier alpha value is -4.04. The van der Waals surface area contributed by atoms with Crippen LogP contribution in [0.5, 0.6) is 17.2 Å². The zero-order chi connectivity index (χ0) is 36.0. The molecule has 1 aromatic heterocycles. The first-order valence-electron chi connectivity index (χ1n) is 16.7. The number of ketones is 1. The summed E-state index contributed by atoms with van der Waals surface area (Å²) in [6, 6.07) is 16.6. The number of carboxylic acids is 1. The van der Waals surface area contributed by atoms with Crippen LogP contribution in [0.1, 0.15) is 40.7 Å². The minimum atomic E-state index is -2.68. The number of thiophene rings is 1. The summed E-state index contributed by atoms with van der Waals surface area (Å²) in [5, 5.41) is 50.4. The van der Waals surface area contributed by atoms with Crippen molar-refractivity contribution in [3.05, 3.63) is 77.9 Å². The smallest absolute Gasteiger partial charge is 0.335 e. The van der Waals surface area contributed by atoms with E-state index in [1.54, 1.807) is 18.2 Å². The van der Waals surface area contributed by atoms with Gasteiger partial charge in [-0.2, -0.15) is 0 Å². The molecule has 2 aliphatic heterocycles. The molecule has 3 heterocycles. The van der Waals surface area contributed by atoms with Crippen molar-refractivity contribution in [2.45, 2.75) is 50.0 Å². The number of piperidine rings is 1. The fourth-order valence-electron chi connectivity index (χ4n) is 5.45. The van der Waals surface area contributed by atoms with Gasteiger partial charge in [0.1, 0.15) is 42.1 Å². The Bertz CT molecular complexity index is 1860. The van der Waals surface area contributed by atoms with Crippen LogP contribution in [0.2, 0.25) is 0 Å². The maximum atomic E-state index is 14.1. The van der Waals surface area contributed by atoms with Crippen LogP contribution in [-0.2, 0) is 9.53 Å². The first-order valence-corrected chi connectivity index (χ1v) is 15.5. The van der Waals surface area contributed by atoms with Crippen molar-refractivity contribution in [1.82, 2.24) is 4.90 Å². The van der Waals surface area contributed by atoms with Crippen molar-refractivity contribution in [1.29, 1.82) is 0 Å². The Morgan fingerprint density at radius 1 is 0.913 bits per heavy atom. The maximum Gasteiger partial charge on any atom is 0.335 e. The molecule has 6 rings (SSSR count). The number of phenols is 1. The second-order valence-electron chi connectivity index (χ2n) is 11.1. The van der Waals surface area contributed by atoms with E-state index in [1.165, 1.54) is 64.8 Å². The summed E-state index contributed by atoms with van der Waals surface area (Å²) >= 11 is 1.25. The quantitative estimate of drug-likeness (QED) is 0.159. The normalized spacial score (nSPS) is 25.6. The Kier molecular flexibility index (Phi) is 8.11. The van der Waals surface area contributed by atoms with Gasteiger partial charge in [-0.1, -0.05) is 6.42 Å². The predicted octanol–water partition coefficient (Wildman–Crippen LogP) is 3.64. The number of carbonyl (C=O) groups is 2. The molecule has 5 N–H and O–H groups in total. The van der Waals surface area contributed by atoms with E-state index < -0.39 is 49.7 Å². The first-order chi connectivity index (χ1) is 23.7. The highest BCUT2D eigenvalue weighted by atomic mass is 32.1. The summed E-state index contributed by atoms with van der Waals surface area (Å²) in [6.45, 7) is -4.21. The van der Waals surface area contributed by atoms with E-state index in [0.29, 0.717) is 39.2 Å². The zero-order valence-corrected chi connectivity index (χ0v) is 25.2. The third-order valence-electron chi connectivity index (χ3n) is 7.93. The highest BCUT2D eigenvalue weighted by molar-refractivity contribution is 7.22. The fourth-order valence-corrected chi connectivity index (χ4v) is 6.69. The number of fused-ring (bicyclic) bond motifs is 1. The van der Waals surface area contributed by atoms with E-state index >= 15 is 0 Å². The molecule has 5 atom stereocenters. The molecule has 0 amide bonds. The summed E-state index contributed by atoms with van der Waals surface area (Å²) in [5.41, 5.74) is 1.16. The monoisotopic (exact) mass is 653 g/mol. The lowest BCUT2D eigenvalue weighted by Gasteiger charge is -2.38. The molecule has 2 fully saturated rings. The van der Waals surface area contributed by atoms with Crippen molar-refractivity contribution in [3.8, 4) is 27.7 Å². The third-order valence-corrected chi connectivity index (χ3v) is 9.13. The number of carbonyl (C=O) groups excluding carboxylic acids is 1. The van der Waals surface area contributed by atoms with Crippen molar-refractivity contribution >= 4 is 33.2 Å². The van der Waals surface area contributed by atoms with Gasteiger partial charge in [0.15, 0.2) is 11.9 Å². The Morgan fingerprint density at radius 3 is 2.30 bits per heavy atom. The molecule has 12 heteroatoms. The molecule has 1 unspecified atom stereocenters. The second-order valence-corrected chi connectivity index (χ2v) is 12.1. The molecular weight excluding hydrogens is 614 g/mol. The minimum absolute atomic E-state index is 0.00578. The van der Waals surface area contributed by atoms with Gasteiger partial charge in [-0.25, -0.2) is 4.79 Å². The largest absolute Gasteiger partial charge is 0.508 e. The summed E-state index contributed by atoms with van der Waals surface area (Å²) in [6.07, 6.45) is -6.36. The third kappa shape index (κ3) is 6.73. The van der Waals surface area contributed by atoms with Gasteiger partial charge in [-0.05, 0) is 98.2 Å². The average Bonchev–Trinajstić information content (AvgIpc) is 3.47. The highest BCUT2D eigenvalue weighted by Crippen LogP contribution is 2.42. The minimum Gasteiger partial charge on any atom is -0.508 e. The number of ether oxygens (including phenoxy) is 3. The van der Waals surface area contributed by atoms with Crippen LogP contribution in [0.15, 0.2) is 66.7 Å². The van der Waals surface area contributed by atoms with Crippen molar-refractivity contribution in [2.24, 2.45) is 0 Å². The van der Waals surface area contributed by atoms with Crippen LogP contribution >= 0.6 is 11.3 Å². The number of carboxylic acid groups (broad SMARTS) is 1. The SMILES string of the molecule is [2H]C([2H])(Oc1ccc(C(=O)c2c(-c3ccc(OC4O[C@H](C(=O)O)[C@@H](O)[C@H](O)[C@H]4O)cc3)sc3cc(O)ccc23)cc1)C([2H])([2H])N1CCCCC1. The Labute approximate surface area is 274 Å². The van der Waals surface area contributed by atoms with Crippen LogP contribution in [0.3, 0.4) is 0 Å². The molecule has 0 radical (unpaired) electrons. The van der Waals surface area contributed by atoms with Gasteiger partial charge in [0.25, 0.3) is 0 Å². The average molecular weight is 654 g/mol. The summed E-state index contributed by atoms with van der Waals surface area (Å²) in [5.74, 6) is -1.73. The van der Waals surface area contributed by atoms with Crippen LogP contribution in [0.4, 0.5) is 0 Å². The summed E-state index contributed by atoms with van der Waals surface area (Å²) < 4.78 is 50.6. The zero-order valence-electron chi connectivity index (χ0n) is 28.4. The van der Waals surface area contributed by atoms with E-state index in [4.69, 9.17) is 19.7 Å². The van der Waals surface area contributed by atoms with E-state index in [-0.39, 0.29) is 28.6 Å². The summed E-state index contributed by atoms with van der Waals surface area (Å²) in [7, 11) is 0. The van der Waals surface area contributed by atoms with Gasteiger partial charge < -0.3 is 39.7 Å². The number of rotatable bonds is 10. The van der Waals surface area contributed by atoms with Gasteiger partial charge in [0.05, 0.1) is 2.74 Å². The van der Waals surface area contributed by atoms with Crippen molar-refractivity contribution in [2.75, 3.05) is 26.1 Å². The molecule has 0 saturated carbocycles. The molecule has 0 spiro atoms. The van der Waals surface area contributed by atoms with Crippen LogP contribution < -0.4 is 9.47 Å². The molecule has 2 aliphatic rings. The van der Waals surface area contributed by atoms with E-state index in [0.717, 1.165) is 19.3 Å². The number of likely N-dealkylation sites (tertiary alicyclic amines) is 1. The number of benzene rings is 3. The lowest BCUT2D eigenvalue weighted by molar-refractivity contribution is -0.271. The van der Waals surface area contributed by atoms with Gasteiger partial charge in [-0.3, -0.25) is 9.69 Å². The molecule has 0 bridgehead atoms. The number of nitrogens with zero attached hydrogens (tertiary/aromatic N) is 1. The molecule has 46 heavy (non-hydrogen) atoms. The van der Waals surface area contributed by atoms with Gasteiger partial charge in [-0.15, -0.1) is 11.3 Å². The molecule has 11 nitrogen and oxygen atoms in total. The predicted molar refractivity (Wildman–Crippen MR) is 170 cm³/mol. The first kappa shape index (κ1) is 27.1. The number of aliphatic carboxylic acids is 1. The van der Waals surface area contributed by atoms with E-state index in [9.17, 15) is 35.1 Å². The molecule has 2 saturated heterocycles. The van der Waals surface area contributed by atoms with Gasteiger partial charge in [0.2, 0.25) is 6.29 Å². The van der Waals surface area contributed by atoms with E-state index in [1.807, 2.05) is 0 Å². The van der Waals surface area contributed by atoms with Gasteiger partial charge in [0, 0.05) is 35.3 Å². The number of phenolic OH excluding ortho intramolecular Hbond substituents is 1. The van der Waals surface area contributed by atoms with Crippen molar-refractivity contribution < 1.29 is 54.8 Å². The summed E-state index contributed by atoms with van der Waals surface area (Å²) in [4.78, 5) is 27.5. The van der Waals surface area contributed by atoms with Crippen molar-refractivity contribution in [3.63, 3.8) is 0 Å². The van der Waals surface area contributed by atoms with Crippen LogP contribution in [0.25, 0.3) is 20.5 Å². The van der Waals surface area contributed by atoms with Gasteiger partial charge >= 0.3 is 5.97 Å². The Balaban J connectivity index is 1.25. The standard InChI is InChI=1S/C34H35NO10S/c36-21-8-13-24-25(18-21)46-32(20-6-11-23(12-7-20)44-34-30(40)28(38)29(39)31(45-34)33(41)42)26(24)27(37)19-4-9-22(10-5-19)43-17-16-35-14-2-1-3-15-35/h4-13,18,28-31,34,36,38-40H,1-3,14-17H2,(H,41,42)/t28-,29-,30+,31-,34?/m0/s1/i16D2,17D2.